The van der Waals surface area contributed by atoms with Crippen molar-refractivity contribution in [3.8, 4) is 0 Å². The van der Waals surface area contributed by atoms with Crippen LogP contribution >= 0.6 is 11.6 Å². The van der Waals surface area contributed by atoms with Crippen molar-refractivity contribution in [1.82, 2.24) is 15.3 Å². The van der Waals surface area contributed by atoms with Gasteiger partial charge in [-0.05, 0) is 36.6 Å². The lowest BCUT2D eigenvalue weighted by Gasteiger charge is -2.21. The van der Waals surface area contributed by atoms with Gasteiger partial charge in [-0.25, -0.2) is 9.97 Å². The minimum atomic E-state index is -0.330. The molecule has 1 fully saturated rings. The van der Waals surface area contributed by atoms with Gasteiger partial charge in [-0.3, -0.25) is 4.79 Å². The van der Waals surface area contributed by atoms with E-state index in [2.05, 4.69) is 20.2 Å². The molecule has 5 rings (SSSR count). The maximum absolute atomic E-state index is 13.0. The molecule has 6 nitrogen and oxygen atoms in total. The maximum atomic E-state index is 13.0. The molecule has 0 aliphatic carbocycles. The van der Waals surface area contributed by atoms with Crippen molar-refractivity contribution >= 4 is 45.4 Å². The fourth-order valence-electron chi connectivity index (χ4n) is 4.07. The molecule has 0 spiro atoms. The van der Waals surface area contributed by atoms with Crippen LogP contribution in [0.3, 0.4) is 0 Å². The standard InChI is InChI=1S/C24H23ClN4O2/c25-18-11-5-3-9-16(18)15-26-24(30)22-27-20-17-10-4-6-12-19(17)31-21(20)23(28-22)29-13-7-1-2-8-14-29/h3-6,9-12H,1-2,7-8,13-15H2,(H,26,30). The van der Waals surface area contributed by atoms with E-state index in [1.807, 2.05) is 42.5 Å². The van der Waals surface area contributed by atoms with Gasteiger partial charge in [0, 0.05) is 30.0 Å². The predicted octanol–water partition coefficient (Wildman–Crippen LogP) is 5.34. The number of anilines is 1. The second kappa shape index (κ2) is 8.55. The average molecular weight is 435 g/mol. The molecule has 0 bridgehead atoms. The van der Waals surface area contributed by atoms with Crippen LogP contribution in [-0.4, -0.2) is 29.0 Å². The van der Waals surface area contributed by atoms with Crippen molar-refractivity contribution in [3.05, 3.63) is 64.9 Å². The van der Waals surface area contributed by atoms with Gasteiger partial charge in [-0.15, -0.1) is 0 Å². The molecule has 2 aromatic carbocycles. The quantitative estimate of drug-likeness (QED) is 0.469. The second-order valence-electron chi connectivity index (χ2n) is 7.82. The summed E-state index contributed by atoms with van der Waals surface area (Å²) in [5, 5.41) is 4.41. The molecule has 4 aromatic rings. The van der Waals surface area contributed by atoms with E-state index in [9.17, 15) is 4.79 Å². The highest BCUT2D eigenvalue weighted by molar-refractivity contribution is 6.31. The lowest BCUT2D eigenvalue weighted by molar-refractivity contribution is 0.0941. The molecule has 3 heterocycles. The summed E-state index contributed by atoms with van der Waals surface area (Å²) in [6.07, 6.45) is 4.60. The number of nitrogens with one attached hydrogen (secondary N) is 1. The molecule has 0 radical (unpaired) electrons. The van der Waals surface area contributed by atoms with E-state index in [1.54, 1.807) is 6.07 Å². The molecular formula is C24H23ClN4O2. The van der Waals surface area contributed by atoms with E-state index in [4.69, 9.17) is 16.0 Å². The highest BCUT2D eigenvalue weighted by Gasteiger charge is 2.23. The molecule has 0 atom stereocenters. The van der Waals surface area contributed by atoms with Gasteiger partial charge in [0.1, 0.15) is 11.1 Å². The summed E-state index contributed by atoms with van der Waals surface area (Å²) in [4.78, 5) is 24.5. The van der Waals surface area contributed by atoms with Crippen molar-refractivity contribution < 1.29 is 9.21 Å². The number of nitrogens with zero attached hydrogens (tertiary/aromatic N) is 3. The summed E-state index contributed by atoms with van der Waals surface area (Å²) >= 11 is 6.22. The largest absolute Gasteiger partial charge is 0.450 e. The minimum absolute atomic E-state index is 0.144. The van der Waals surface area contributed by atoms with Crippen LogP contribution in [0.15, 0.2) is 52.9 Å². The van der Waals surface area contributed by atoms with Crippen LogP contribution in [0.4, 0.5) is 5.82 Å². The third-order valence-electron chi connectivity index (χ3n) is 5.71. The third kappa shape index (κ3) is 3.95. The Hall–Kier alpha value is -3.12. The Morgan fingerprint density at radius 1 is 1.00 bits per heavy atom. The van der Waals surface area contributed by atoms with E-state index < -0.39 is 0 Å². The molecular weight excluding hydrogens is 412 g/mol. The van der Waals surface area contributed by atoms with Crippen LogP contribution in [0.25, 0.3) is 22.1 Å². The third-order valence-corrected chi connectivity index (χ3v) is 6.08. The molecule has 1 N–H and O–H groups in total. The van der Waals surface area contributed by atoms with E-state index in [-0.39, 0.29) is 11.7 Å². The Labute approximate surface area is 185 Å². The second-order valence-corrected chi connectivity index (χ2v) is 8.23. The number of carbonyl (C=O) groups is 1. The lowest BCUT2D eigenvalue weighted by atomic mass is 10.2. The average Bonchev–Trinajstić information content (AvgIpc) is 2.96. The van der Waals surface area contributed by atoms with E-state index >= 15 is 0 Å². The first-order valence-electron chi connectivity index (χ1n) is 10.7. The number of para-hydroxylation sites is 1. The van der Waals surface area contributed by atoms with Gasteiger partial charge in [0.25, 0.3) is 5.91 Å². The van der Waals surface area contributed by atoms with Crippen LogP contribution in [0, 0.1) is 0 Å². The number of benzene rings is 2. The number of halogens is 1. The number of carbonyl (C=O) groups excluding carboxylic acids is 1. The van der Waals surface area contributed by atoms with Gasteiger partial charge < -0.3 is 14.6 Å². The maximum Gasteiger partial charge on any atom is 0.289 e. The number of fused-ring (bicyclic) bond motifs is 3. The fourth-order valence-corrected chi connectivity index (χ4v) is 4.27. The molecule has 1 saturated heterocycles. The molecule has 7 heteroatoms. The van der Waals surface area contributed by atoms with Gasteiger partial charge in [0.2, 0.25) is 5.82 Å². The fraction of sp³-hybridized carbons (Fsp3) is 0.292. The molecule has 1 amide bonds. The summed E-state index contributed by atoms with van der Waals surface area (Å²) < 4.78 is 6.14. The summed E-state index contributed by atoms with van der Waals surface area (Å²) in [6, 6.07) is 15.2. The Bertz CT molecular complexity index is 1250. The number of hydrogen-bond acceptors (Lipinski definition) is 5. The topological polar surface area (TPSA) is 71.3 Å². The molecule has 0 unspecified atom stereocenters. The van der Waals surface area contributed by atoms with Crippen molar-refractivity contribution in [3.63, 3.8) is 0 Å². The molecule has 2 aromatic heterocycles. The summed E-state index contributed by atoms with van der Waals surface area (Å²) in [5.74, 6) is 0.513. The first-order chi connectivity index (χ1) is 15.2. The van der Waals surface area contributed by atoms with Crippen molar-refractivity contribution in [2.45, 2.75) is 32.2 Å². The van der Waals surface area contributed by atoms with Crippen molar-refractivity contribution in [2.75, 3.05) is 18.0 Å². The zero-order valence-corrected chi connectivity index (χ0v) is 17.9. The summed E-state index contributed by atoms with van der Waals surface area (Å²) in [7, 11) is 0. The van der Waals surface area contributed by atoms with E-state index in [0.29, 0.717) is 28.5 Å². The number of aromatic nitrogens is 2. The van der Waals surface area contributed by atoms with Crippen LogP contribution < -0.4 is 10.2 Å². The van der Waals surface area contributed by atoms with Crippen LogP contribution in [-0.2, 0) is 6.54 Å². The van der Waals surface area contributed by atoms with Gasteiger partial charge in [-0.1, -0.05) is 54.8 Å². The first kappa shape index (κ1) is 19.8. The molecule has 1 aliphatic heterocycles. The van der Waals surface area contributed by atoms with Crippen molar-refractivity contribution in [2.24, 2.45) is 0 Å². The Morgan fingerprint density at radius 3 is 2.55 bits per heavy atom. The summed E-state index contributed by atoms with van der Waals surface area (Å²) in [6.45, 7) is 2.10. The molecule has 0 saturated carbocycles. The lowest BCUT2D eigenvalue weighted by Crippen LogP contribution is -2.29. The SMILES string of the molecule is O=C(NCc1ccccc1Cl)c1nc(N2CCCCCC2)c2oc3ccccc3c2n1. The molecule has 31 heavy (non-hydrogen) atoms. The minimum Gasteiger partial charge on any atom is -0.450 e. The zero-order chi connectivity index (χ0) is 21.2. The van der Waals surface area contributed by atoms with Gasteiger partial charge >= 0.3 is 0 Å². The smallest absolute Gasteiger partial charge is 0.289 e. The van der Waals surface area contributed by atoms with Gasteiger partial charge in [0.05, 0.1) is 0 Å². The predicted molar refractivity (Wildman–Crippen MR) is 123 cm³/mol. The first-order valence-corrected chi connectivity index (χ1v) is 11.0. The van der Waals surface area contributed by atoms with Crippen molar-refractivity contribution in [1.29, 1.82) is 0 Å². The van der Waals surface area contributed by atoms with E-state index in [1.165, 1.54) is 12.8 Å². The number of hydrogen-bond donors (Lipinski definition) is 1. The Balaban J connectivity index is 1.55. The van der Waals surface area contributed by atoms with Crippen LogP contribution in [0.1, 0.15) is 41.9 Å². The normalized spacial score (nSPS) is 14.7. The Morgan fingerprint density at radius 2 is 1.74 bits per heavy atom. The number of rotatable bonds is 4. The monoisotopic (exact) mass is 434 g/mol. The highest BCUT2D eigenvalue weighted by Crippen LogP contribution is 2.33. The van der Waals surface area contributed by atoms with Gasteiger partial charge in [-0.2, -0.15) is 0 Å². The van der Waals surface area contributed by atoms with E-state index in [0.717, 1.165) is 42.5 Å². The molecule has 1 aliphatic rings. The van der Waals surface area contributed by atoms with Gasteiger partial charge in [0.15, 0.2) is 11.4 Å². The summed E-state index contributed by atoms with van der Waals surface area (Å²) in [5.41, 5.74) is 2.91. The van der Waals surface area contributed by atoms with Crippen LogP contribution in [0.5, 0.6) is 0 Å². The number of amides is 1. The van der Waals surface area contributed by atoms with Crippen LogP contribution in [0.2, 0.25) is 5.02 Å². The zero-order valence-electron chi connectivity index (χ0n) is 17.1. The number of furan rings is 1. The Kier molecular flexibility index (Phi) is 5.47. The highest BCUT2D eigenvalue weighted by atomic mass is 35.5. The molecule has 158 valence electrons.